The lowest BCUT2D eigenvalue weighted by Gasteiger charge is -2.15. The largest absolute Gasteiger partial charge is 0.462 e. The number of aliphatic hydroxyl groups is 1. The molecule has 5 heteroatoms. The number of unbranched alkanes of at least 4 members (excludes halogenated alkanes) is 32. The van der Waals surface area contributed by atoms with Gasteiger partial charge in [0, 0.05) is 12.8 Å². The zero-order valence-electron chi connectivity index (χ0n) is 58.6. The van der Waals surface area contributed by atoms with Crippen LogP contribution in [0.4, 0.5) is 0 Å². The van der Waals surface area contributed by atoms with Crippen LogP contribution in [0.3, 0.4) is 0 Å². The first-order chi connectivity index (χ1) is 44.6. The van der Waals surface area contributed by atoms with Gasteiger partial charge in [-0.05, 0) is 128 Å². The Labute approximate surface area is 557 Å². The maximum absolute atomic E-state index is 12.4. The fourth-order valence-corrected chi connectivity index (χ4v) is 10.5. The number of allylic oxidation sites excluding steroid dienone is 28. The maximum atomic E-state index is 12.4. The van der Waals surface area contributed by atoms with E-state index in [1.54, 1.807) is 0 Å². The monoisotopic (exact) mass is 1240 g/mol. The van der Waals surface area contributed by atoms with Crippen molar-refractivity contribution < 1.29 is 24.2 Å². The molecular formula is C85H140O5. The average Bonchev–Trinajstić information content (AvgIpc) is 3.59. The molecule has 510 valence electrons. The van der Waals surface area contributed by atoms with Crippen molar-refractivity contribution in [2.75, 3.05) is 13.2 Å². The van der Waals surface area contributed by atoms with Crippen LogP contribution in [-0.4, -0.2) is 36.4 Å². The Kier molecular flexibility index (Phi) is 74.4. The Balaban J connectivity index is 3.49. The van der Waals surface area contributed by atoms with E-state index in [9.17, 15) is 14.7 Å². The minimum atomic E-state index is -0.782. The minimum Gasteiger partial charge on any atom is -0.462 e. The summed E-state index contributed by atoms with van der Waals surface area (Å²) in [6, 6.07) is 0. The molecule has 0 aromatic rings. The van der Waals surface area contributed by atoms with Gasteiger partial charge in [-0.3, -0.25) is 9.59 Å². The number of ether oxygens (including phenoxy) is 2. The van der Waals surface area contributed by atoms with Crippen molar-refractivity contribution in [1.29, 1.82) is 0 Å². The van der Waals surface area contributed by atoms with Crippen LogP contribution in [0.5, 0.6) is 0 Å². The quantitative estimate of drug-likeness (QED) is 0.0373. The molecule has 0 aromatic carbocycles. The van der Waals surface area contributed by atoms with Crippen LogP contribution in [0, 0.1) is 0 Å². The molecule has 0 spiro atoms. The number of carbonyl (C=O) groups is 2. The third kappa shape index (κ3) is 75.7. The van der Waals surface area contributed by atoms with E-state index in [1.165, 1.54) is 180 Å². The molecule has 0 aliphatic heterocycles. The maximum Gasteiger partial charge on any atom is 0.306 e. The molecular weight excluding hydrogens is 1100 g/mol. The predicted molar refractivity (Wildman–Crippen MR) is 398 cm³/mol. The second-order valence-electron chi connectivity index (χ2n) is 24.6. The van der Waals surface area contributed by atoms with Crippen LogP contribution in [-0.2, 0) is 19.1 Å². The summed E-state index contributed by atoms with van der Waals surface area (Å²) in [5, 5.41) is 9.72. The van der Waals surface area contributed by atoms with Gasteiger partial charge in [-0.15, -0.1) is 0 Å². The number of esters is 2. The molecule has 0 rings (SSSR count). The zero-order chi connectivity index (χ0) is 64.7. The molecule has 1 N–H and O–H groups in total. The summed E-state index contributed by atoms with van der Waals surface area (Å²) in [4.78, 5) is 24.7. The molecule has 0 aliphatic rings. The SMILES string of the molecule is CC/C=C\C/C=C\C/C=C\C/C=C\C/C=C\C/C=C\C/C=C\C/C=C\CCCCCCCCCCCCCCCCC(=O)OC(CO)COC(=O)CCCCCCCCCCCCCCCCCCCC/C=C\C/C=C\C/C=C\C/C=C\C/C=C\C/C=C\CC. The van der Waals surface area contributed by atoms with Gasteiger partial charge in [-0.2, -0.15) is 0 Å². The van der Waals surface area contributed by atoms with Crippen molar-refractivity contribution >= 4 is 11.9 Å². The smallest absolute Gasteiger partial charge is 0.306 e. The van der Waals surface area contributed by atoms with E-state index in [0.717, 1.165) is 128 Å². The van der Waals surface area contributed by atoms with Gasteiger partial charge in [0.05, 0.1) is 6.61 Å². The molecule has 1 unspecified atom stereocenters. The summed E-state index contributed by atoms with van der Waals surface area (Å²) in [6.07, 6.45) is 121. The summed E-state index contributed by atoms with van der Waals surface area (Å²) < 4.78 is 10.8. The highest BCUT2D eigenvalue weighted by molar-refractivity contribution is 5.70. The van der Waals surface area contributed by atoms with Gasteiger partial charge in [0.1, 0.15) is 6.61 Å². The Morgan fingerprint density at radius 3 is 0.667 bits per heavy atom. The number of rotatable bonds is 68. The van der Waals surface area contributed by atoms with Crippen LogP contribution in [0.25, 0.3) is 0 Å². The number of carbonyl (C=O) groups excluding carboxylic acids is 2. The predicted octanol–water partition coefficient (Wildman–Crippen LogP) is 26.8. The standard InChI is InChI=1S/C85H140O5/c1-3-5-7-9-11-13-15-17-19-21-23-25-27-29-31-33-35-37-39-41-42-44-46-48-50-52-54-56-58-60-62-64-66-68-70-72-74-76-78-80-85(88)90-83(81-86)82-89-84(87)79-77-75-73-71-69-67-65-63-61-59-57-55-53-51-49-47-45-43-40-38-36-34-32-30-28-26-24-22-20-18-16-14-12-10-8-6-4-2/h5-8,11-14,17-20,23-26,29-32,35-38,41-42,46,48,83,86H,3-4,9-10,15-16,21-22,27-28,33-34,39-40,43-45,47,49-82H2,1-2H3/b7-5-,8-6-,13-11-,14-12-,19-17-,20-18-,25-23-,26-24-,31-29-,32-30-,37-35-,38-36-,42-41-,48-46-. The topological polar surface area (TPSA) is 72.8 Å². The summed E-state index contributed by atoms with van der Waals surface area (Å²) in [5.74, 6) is -0.586. The van der Waals surface area contributed by atoms with E-state index in [4.69, 9.17) is 9.47 Å². The van der Waals surface area contributed by atoms with Crippen molar-refractivity contribution in [2.24, 2.45) is 0 Å². The van der Waals surface area contributed by atoms with Crippen molar-refractivity contribution in [3.8, 4) is 0 Å². The Morgan fingerprint density at radius 2 is 0.444 bits per heavy atom. The molecule has 0 saturated carbocycles. The van der Waals surface area contributed by atoms with Gasteiger partial charge in [0.25, 0.3) is 0 Å². The van der Waals surface area contributed by atoms with Crippen molar-refractivity contribution in [1.82, 2.24) is 0 Å². The molecule has 5 nitrogen and oxygen atoms in total. The normalized spacial score (nSPS) is 13.2. The van der Waals surface area contributed by atoms with Gasteiger partial charge >= 0.3 is 11.9 Å². The van der Waals surface area contributed by atoms with E-state index in [-0.39, 0.29) is 25.2 Å². The molecule has 0 amide bonds. The first-order valence-corrected chi connectivity index (χ1v) is 37.7. The highest BCUT2D eigenvalue weighted by Gasteiger charge is 2.16. The first-order valence-electron chi connectivity index (χ1n) is 37.7. The van der Waals surface area contributed by atoms with E-state index < -0.39 is 6.10 Å². The molecule has 90 heavy (non-hydrogen) atoms. The van der Waals surface area contributed by atoms with Crippen LogP contribution in [0.2, 0.25) is 0 Å². The molecule has 1 atom stereocenters. The second-order valence-corrected chi connectivity index (χ2v) is 24.6. The van der Waals surface area contributed by atoms with E-state index in [0.29, 0.717) is 12.8 Å². The molecule has 0 bridgehead atoms. The lowest BCUT2D eigenvalue weighted by Crippen LogP contribution is -2.28. The van der Waals surface area contributed by atoms with Gasteiger partial charge in [0.15, 0.2) is 6.10 Å². The summed E-state index contributed by atoms with van der Waals surface area (Å²) in [5.41, 5.74) is 0. The van der Waals surface area contributed by atoms with Gasteiger partial charge in [-0.25, -0.2) is 0 Å². The zero-order valence-corrected chi connectivity index (χ0v) is 58.6. The van der Waals surface area contributed by atoms with Crippen LogP contribution in [0.15, 0.2) is 170 Å². The van der Waals surface area contributed by atoms with Crippen LogP contribution in [0.1, 0.15) is 335 Å². The van der Waals surface area contributed by atoms with Crippen molar-refractivity contribution in [2.45, 2.75) is 341 Å². The minimum absolute atomic E-state index is 0.0704. The van der Waals surface area contributed by atoms with Crippen molar-refractivity contribution in [3.63, 3.8) is 0 Å². The molecule has 0 aliphatic carbocycles. The highest BCUT2D eigenvalue weighted by Crippen LogP contribution is 2.18. The lowest BCUT2D eigenvalue weighted by molar-refractivity contribution is -0.161. The molecule has 0 heterocycles. The van der Waals surface area contributed by atoms with E-state index in [2.05, 4.69) is 184 Å². The van der Waals surface area contributed by atoms with Crippen LogP contribution >= 0.6 is 0 Å². The van der Waals surface area contributed by atoms with Crippen LogP contribution < -0.4 is 0 Å². The third-order valence-corrected chi connectivity index (χ3v) is 16.0. The Hall–Kier alpha value is -4.74. The second kappa shape index (κ2) is 78.5. The van der Waals surface area contributed by atoms with Crippen molar-refractivity contribution in [3.05, 3.63) is 170 Å². The average molecular weight is 1240 g/mol. The Morgan fingerprint density at radius 1 is 0.256 bits per heavy atom. The first kappa shape index (κ1) is 85.3. The van der Waals surface area contributed by atoms with Gasteiger partial charge < -0.3 is 14.6 Å². The summed E-state index contributed by atoms with van der Waals surface area (Å²) in [7, 11) is 0. The fourth-order valence-electron chi connectivity index (χ4n) is 10.5. The third-order valence-electron chi connectivity index (χ3n) is 16.0. The Bertz CT molecular complexity index is 1940. The van der Waals surface area contributed by atoms with Gasteiger partial charge in [0.2, 0.25) is 0 Å². The molecule has 0 fully saturated rings. The lowest BCUT2D eigenvalue weighted by atomic mass is 10.0. The molecule has 0 aromatic heterocycles. The summed E-state index contributed by atoms with van der Waals surface area (Å²) in [6.45, 7) is 3.93. The fraction of sp³-hybridized carbons (Fsp3) is 0.647. The van der Waals surface area contributed by atoms with E-state index >= 15 is 0 Å². The number of aliphatic hydroxyl groups excluding tert-OH is 1. The number of hydrogen-bond donors (Lipinski definition) is 1. The highest BCUT2D eigenvalue weighted by atomic mass is 16.6. The molecule has 0 saturated heterocycles. The van der Waals surface area contributed by atoms with E-state index in [1.807, 2.05) is 0 Å². The molecule has 0 radical (unpaired) electrons. The van der Waals surface area contributed by atoms with Gasteiger partial charge in [-0.1, -0.05) is 364 Å². The number of hydrogen-bond acceptors (Lipinski definition) is 5. The summed E-state index contributed by atoms with van der Waals surface area (Å²) >= 11 is 0.